The van der Waals surface area contributed by atoms with Gasteiger partial charge in [-0.3, -0.25) is 4.98 Å². The summed E-state index contributed by atoms with van der Waals surface area (Å²) < 4.78 is 5.84. The molecule has 2 aliphatic carbocycles. The van der Waals surface area contributed by atoms with Crippen LogP contribution < -0.4 is 4.74 Å². The number of rotatable bonds is 5. The number of aliphatic hydroxyl groups is 1. The molecule has 2 aliphatic rings. The van der Waals surface area contributed by atoms with E-state index in [2.05, 4.69) is 18.0 Å². The number of aliphatic hydroxyl groups excluding tert-OH is 1. The largest absolute Gasteiger partial charge is 0.492 e. The molecule has 18 heavy (non-hydrogen) atoms. The van der Waals surface area contributed by atoms with Gasteiger partial charge in [-0.15, -0.1) is 0 Å². The molecule has 3 heteroatoms. The zero-order chi connectivity index (χ0) is 12.5. The molecule has 2 fully saturated rings. The zero-order valence-electron chi connectivity index (χ0n) is 10.9. The van der Waals surface area contributed by atoms with Crippen molar-refractivity contribution in [3.8, 4) is 5.75 Å². The average molecular weight is 247 g/mol. The number of ether oxygens (including phenoxy) is 1. The van der Waals surface area contributed by atoms with E-state index in [1.54, 1.807) is 6.20 Å². The Balaban J connectivity index is 1.57. The number of hydrogen-bond acceptors (Lipinski definition) is 3. The summed E-state index contributed by atoms with van der Waals surface area (Å²) in [6.45, 7) is 3.40. The van der Waals surface area contributed by atoms with Crippen LogP contribution in [0.25, 0.3) is 0 Å². The second kappa shape index (κ2) is 4.88. The highest BCUT2D eigenvalue weighted by molar-refractivity contribution is 5.30. The van der Waals surface area contributed by atoms with Gasteiger partial charge in [0.25, 0.3) is 0 Å². The Morgan fingerprint density at radius 3 is 2.83 bits per heavy atom. The maximum atomic E-state index is 9.10. The smallest absolute Gasteiger partial charge is 0.137 e. The minimum absolute atomic E-state index is 0.287. The lowest BCUT2D eigenvalue weighted by molar-refractivity contribution is 0.116. The standard InChI is InChI=1S/C15H21NO2/c1-10-2-3-11(10)9-18-14-4-12(6-16-7-14)15-5-13(15)8-17/h4,6-7,10-11,13,15,17H,2-3,5,8-9H2,1H3. The van der Waals surface area contributed by atoms with E-state index in [-0.39, 0.29) is 6.61 Å². The summed E-state index contributed by atoms with van der Waals surface area (Å²) in [4.78, 5) is 4.25. The van der Waals surface area contributed by atoms with Gasteiger partial charge in [0.05, 0.1) is 12.8 Å². The van der Waals surface area contributed by atoms with Crippen molar-refractivity contribution in [3.63, 3.8) is 0 Å². The van der Waals surface area contributed by atoms with Gasteiger partial charge >= 0.3 is 0 Å². The van der Waals surface area contributed by atoms with Crippen molar-refractivity contribution in [2.24, 2.45) is 17.8 Å². The number of nitrogens with zero attached hydrogens (tertiary/aromatic N) is 1. The number of pyridine rings is 1. The summed E-state index contributed by atoms with van der Waals surface area (Å²) in [5.41, 5.74) is 1.22. The Kier molecular flexibility index (Phi) is 3.25. The lowest BCUT2D eigenvalue weighted by atomic mass is 9.75. The zero-order valence-corrected chi connectivity index (χ0v) is 10.9. The van der Waals surface area contributed by atoms with Gasteiger partial charge in [0.2, 0.25) is 0 Å². The fourth-order valence-corrected chi connectivity index (χ4v) is 2.76. The van der Waals surface area contributed by atoms with E-state index in [0.717, 1.165) is 30.6 Å². The molecule has 2 saturated carbocycles. The van der Waals surface area contributed by atoms with Crippen LogP contribution in [0.15, 0.2) is 18.5 Å². The molecule has 3 rings (SSSR count). The molecule has 0 aromatic carbocycles. The van der Waals surface area contributed by atoms with Crippen molar-refractivity contribution in [2.75, 3.05) is 13.2 Å². The van der Waals surface area contributed by atoms with Crippen molar-refractivity contribution in [1.82, 2.24) is 4.98 Å². The topological polar surface area (TPSA) is 42.4 Å². The number of hydrogen-bond donors (Lipinski definition) is 1. The highest BCUT2D eigenvalue weighted by Crippen LogP contribution is 2.47. The van der Waals surface area contributed by atoms with Crippen LogP contribution in [0, 0.1) is 17.8 Å². The molecule has 1 heterocycles. The predicted octanol–water partition coefficient (Wildman–Crippen LogP) is 2.60. The summed E-state index contributed by atoms with van der Waals surface area (Å²) in [5.74, 6) is 3.35. The monoisotopic (exact) mass is 247 g/mol. The van der Waals surface area contributed by atoms with E-state index >= 15 is 0 Å². The Labute approximate surface area is 108 Å². The maximum absolute atomic E-state index is 9.10. The fourth-order valence-electron chi connectivity index (χ4n) is 2.76. The first-order chi connectivity index (χ1) is 8.78. The van der Waals surface area contributed by atoms with Crippen molar-refractivity contribution in [1.29, 1.82) is 0 Å². The predicted molar refractivity (Wildman–Crippen MR) is 69.6 cm³/mol. The highest BCUT2D eigenvalue weighted by Gasteiger charge is 2.38. The van der Waals surface area contributed by atoms with E-state index in [1.165, 1.54) is 18.4 Å². The van der Waals surface area contributed by atoms with Gasteiger partial charge in [0.15, 0.2) is 0 Å². The normalized spacial score (nSPS) is 33.9. The molecule has 0 saturated heterocycles. The minimum atomic E-state index is 0.287. The van der Waals surface area contributed by atoms with E-state index in [0.29, 0.717) is 11.8 Å². The average Bonchev–Trinajstić information content (AvgIpc) is 3.17. The Bertz CT molecular complexity index is 421. The van der Waals surface area contributed by atoms with Crippen LogP contribution in [0.4, 0.5) is 0 Å². The molecule has 3 nitrogen and oxygen atoms in total. The quantitative estimate of drug-likeness (QED) is 0.869. The fraction of sp³-hybridized carbons (Fsp3) is 0.667. The van der Waals surface area contributed by atoms with Crippen LogP contribution in [-0.2, 0) is 0 Å². The number of aromatic nitrogens is 1. The van der Waals surface area contributed by atoms with Gasteiger partial charge < -0.3 is 9.84 Å². The van der Waals surface area contributed by atoms with Gasteiger partial charge in [-0.05, 0) is 54.6 Å². The Hall–Kier alpha value is -1.09. The van der Waals surface area contributed by atoms with Gasteiger partial charge in [0, 0.05) is 12.8 Å². The molecule has 98 valence electrons. The van der Waals surface area contributed by atoms with Crippen LogP contribution in [0.2, 0.25) is 0 Å². The molecule has 0 aliphatic heterocycles. The maximum Gasteiger partial charge on any atom is 0.137 e. The highest BCUT2D eigenvalue weighted by atomic mass is 16.5. The SMILES string of the molecule is CC1CCC1COc1cncc(C2CC2CO)c1. The van der Waals surface area contributed by atoms with E-state index in [1.807, 2.05) is 6.20 Å². The summed E-state index contributed by atoms with van der Waals surface area (Å²) in [7, 11) is 0. The van der Waals surface area contributed by atoms with Crippen LogP contribution >= 0.6 is 0 Å². The van der Waals surface area contributed by atoms with Crippen LogP contribution in [-0.4, -0.2) is 23.3 Å². The third kappa shape index (κ3) is 2.37. The van der Waals surface area contributed by atoms with Gasteiger partial charge in [-0.1, -0.05) is 6.92 Å². The van der Waals surface area contributed by atoms with E-state index in [9.17, 15) is 0 Å². The first kappa shape index (κ1) is 12.0. The summed E-state index contributed by atoms with van der Waals surface area (Å²) in [5, 5.41) is 9.10. The van der Waals surface area contributed by atoms with Crippen LogP contribution in [0.3, 0.4) is 0 Å². The van der Waals surface area contributed by atoms with E-state index in [4.69, 9.17) is 9.84 Å². The summed E-state index contributed by atoms with van der Waals surface area (Å²) in [6, 6.07) is 2.09. The Morgan fingerprint density at radius 1 is 1.33 bits per heavy atom. The Morgan fingerprint density at radius 2 is 2.22 bits per heavy atom. The first-order valence-corrected chi connectivity index (χ1v) is 6.96. The molecular weight excluding hydrogens is 226 g/mol. The van der Waals surface area contributed by atoms with Gasteiger partial charge in [0.1, 0.15) is 5.75 Å². The molecule has 4 unspecified atom stereocenters. The molecule has 4 atom stereocenters. The third-order valence-corrected chi connectivity index (χ3v) is 4.58. The molecule has 1 aromatic heterocycles. The third-order valence-electron chi connectivity index (χ3n) is 4.58. The molecule has 1 N–H and O–H groups in total. The van der Waals surface area contributed by atoms with Crippen molar-refractivity contribution < 1.29 is 9.84 Å². The van der Waals surface area contributed by atoms with Crippen LogP contribution in [0.5, 0.6) is 5.75 Å². The molecule has 0 bridgehead atoms. The molecule has 1 aromatic rings. The van der Waals surface area contributed by atoms with Crippen molar-refractivity contribution in [2.45, 2.75) is 32.1 Å². The summed E-state index contributed by atoms with van der Waals surface area (Å²) >= 11 is 0. The lowest BCUT2D eigenvalue weighted by Crippen LogP contribution is -2.28. The van der Waals surface area contributed by atoms with Gasteiger partial charge in [-0.25, -0.2) is 0 Å². The molecule has 0 spiro atoms. The van der Waals surface area contributed by atoms with Gasteiger partial charge in [-0.2, -0.15) is 0 Å². The molecule has 0 amide bonds. The second-order valence-electron chi connectivity index (χ2n) is 5.86. The van der Waals surface area contributed by atoms with Crippen molar-refractivity contribution >= 4 is 0 Å². The minimum Gasteiger partial charge on any atom is -0.492 e. The van der Waals surface area contributed by atoms with Crippen molar-refractivity contribution in [3.05, 3.63) is 24.0 Å². The lowest BCUT2D eigenvalue weighted by Gasteiger charge is -2.33. The first-order valence-electron chi connectivity index (χ1n) is 6.96. The second-order valence-corrected chi connectivity index (χ2v) is 5.86. The molecular formula is C15H21NO2. The molecule has 0 radical (unpaired) electrons. The van der Waals surface area contributed by atoms with Crippen LogP contribution in [0.1, 0.15) is 37.7 Å². The summed E-state index contributed by atoms with van der Waals surface area (Å²) in [6.07, 6.45) is 7.42. The van der Waals surface area contributed by atoms with E-state index < -0.39 is 0 Å².